The van der Waals surface area contributed by atoms with E-state index in [1.807, 2.05) is 42.6 Å². The number of aliphatic hydroxyl groups excluding tert-OH is 1. The van der Waals surface area contributed by atoms with Crippen molar-refractivity contribution in [1.29, 1.82) is 0 Å². The van der Waals surface area contributed by atoms with E-state index >= 15 is 0 Å². The van der Waals surface area contributed by atoms with Crippen LogP contribution in [0.1, 0.15) is 55.3 Å². The number of carbonyl (C=O) groups is 1. The Hall–Kier alpha value is -1.78. The van der Waals surface area contributed by atoms with Crippen molar-refractivity contribution in [2.45, 2.75) is 54.5 Å². The molecule has 3 aliphatic rings. The number of β-amino-alcohol motifs (C(OH)–C–C–N with tert-alkyl or cyclic N) is 1. The predicted molar refractivity (Wildman–Crippen MR) is 133 cm³/mol. The number of piperidine rings is 2. The van der Waals surface area contributed by atoms with E-state index in [2.05, 4.69) is 9.88 Å². The van der Waals surface area contributed by atoms with Crippen molar-refractivity contribution in [2.24, 2.45) is 5.92 Å². The minimum atomic E-state index is -1.16. The summed E-state index contributed by atoms with van der Waals surface area (Å²) in [5.41, 5.74) is 2.61. The molecule has 0 spiro atoms. The summed E-state index contributed by atoms with van der Waals surface area (Å²) in [5.74, 6) is 1.12. The average Bonchev–Trinajstić information content (AvgIpc) is 2.90. The van der Waals surface area contributed by atoms with E-state index in [1.165, 1.54) is 6.42 Å². The Kier molecular flexibility index (Phi) is 8.42. The second-order valence-corrected chi connectivity index (χ2v) is 13.3. The first-order valence-corrected chi connectivity index (χ1v) is 15.1. The number of rotatable bonds is 8. The van der Waals surface area contributed by atoms with Gasteiger partial charge >= 0.3 is 137 Å². The Morgan fingerprint density at radius 3 is 2.42 bits per heavy atom. The molecule has 196 valence electrons. The van der Waals surface area contributed by atoms with Gasteiger partial charge in [0.05, 0.1) is 6.10 Å². The fourth-order valence-electron chi connectivity index (χ4n) is 5.49. The third kappa shape index (κ3) is 6.19. The van der Waals surface area contributed by atoms with Gasteiger partial charge in [-0.1, -0.05) is 12.1 Å². The maximum Gasteiger partial charge on any atom is 0.0716 e. The summed E-state index contributed by atoms with van der Waals surface area (Å²) in [7, 11) is 0. The van der Waals surface area contributed by atoms with Crippen LogP contribution in [0.5, 0.6) is 5.88 Å². The summed E-state index contributed by atoms with van der Waals surface area (Å²) in [5, 5.41) is 9.85. The van der Waals surface area contributed by atoms with Crippen LogP contribution >= 0.6 is 0 Å². The number of halogens is 2. The summed E-state index contributed by atoms with van der Waals surface area (Å²) in [6, 6.07) is 11.5. The number of benzene rings is 1. The van der Waals surface area contributed by atoms with Gasteiger partial charge in [-0.2, -0.15) is 0 Å². The zero-order valence-corrected chi connectivity index (χ0v) is 22.9. The Bertz CT molecular complexity index is 1000. The minimum absolute atomic E-state index is 0.0283. The second kappa shape index (κ2) is 11.7. The Labute approximate surface area is 224 Å². The first-order valence-electron chi connectivity index (χ1n) is 13.2. The van der Waals surface area contributed by atoms with Crippen LogP contribution in [0.25, 0.3) is 11.1 Å². The molecule has 5 rings (SSSR count). The van der Waals surface area contributed by atoms with Crippen LogP contribution in [0.4, 0.5) is 2.86 Å². The molecule has 3 fully saturated rings. The third-order valence-electron chi connectivity index (χ3n) is 7.97. The molecule has 6 nitrogen and oxygen atoms in total. The van der Waals surface area contributed by atoms with Gasteiger partial charge in [0.2, 0.25) is 0 Å². The molecule has 2 aromatic rings. The third-order valence-corrected chi connectivity index (χ3v) is 10.3. The summed E-state index contributed by atoms with van der Waals surface area (Å²) in [4.78, 5) is 21.4. The van der Waals surface area contributed by atoms with Crippen LogP contribution in [0.2, 0.25) is 0 Å². The molecule has 1 amide bonds. The number of likely N-dealkylation sites (tertiary alicyclic amines) is 2. The quantitative estimate of drug-likeness (QED) is 0.362. The maximum atomic E-state index is 13.5. The number of nitrogens with zero attached hydrogens (tertiary/aromatic N) is 3. The maximum absolute atomic E-state index is 13.5. The van der Waals surface area contributed by atoms with Crippen molar-refractivity contribution in [3.05, 3.63) is 48.2 Å². The van der Waals surface area contributed by atoms with Crippen LogP contribution in [0, 0.1) is 5.92 Å². The average molecular weight is 609 g/mol. The van der Waals surface area contributed by atoms with Crippen molar-refractivity contribution in [1.82, 2.24) is 14.8 Å². The minimum Gasteiger partial charge on any atom is -0.391 e. The van der Waals surface area contributed by atoms with Crippen LogP contribution < -0.4 is 26.5 Å². The van der Waals surface area contributed by atoms with Gasteiger partial charge in [0, 0.05) is 18.7 Å². The molecule has 0 radical (unpaired) electrons. The molecule has 1 saturated carbocycles. The van der Waals surface area contributed by atoms with E-state index < -0.39 is 27.9 Å². The molecule has 1 aromatic heterocycles. The number of carbonyl (C=O) groups excluding carboxylic acids is 1. The molecule has 1 aliphatic carbocycles. The molecule has 0 unspecified atom stereocenters. The molecule has 36 heavy (non-hydrogen) atoms. The monoisotopic (exact) mass is 608 g/mol. The summed E-state index contributed by atoms with van der Waals surface area (Å²) >= 11 is -1.16. The largest absolute Gasteiger partial charge is 0.391 e. The molecule has 1 aromatic carbocycles. The van der Waals surface area contributed by atoms with E-state index in [-0.39, 0.29) is 9.33 Å². The fourth-order valence-corrected chi connectivity index (χ4v) is 7.27. The zero-order valence-electron chi connectivity index (χ0n) is 20.7. The van der Waals surface area contributed by atoms with Gasteiger partial charge in [0.1, 0.15) is 0 Å². The van der Waals surface area contributed by atoms with Gasteiger partial charge in [-0.25, -0.2) is 0 Å². The molecule has 2 saturated heterocycles. The number of amides is 1. The number of hydrogen-bond acceptors (Lipinski definition) is 5. The molecule has 3 heterocycles. The van der Waals surface area contributed by atoms with Gasteiger partial charge in [0.15, 0.2) is 0 Å². The standard InChI is InChI=1S/C28H36FIN3O3/c29-30-28(12-2-13-28)20-32-15-10-21(11-16-32)19-36-26-9-8-24(17-31-26)22-4-6-23(7-5-22)27(35)33-14-1-3-25(34)18-33/h4-9,17,21,25,34H,1-3,10-16,18-20H2/q-1/t25-/m1/s1. The molecule has 2 aliphatic heterocycles. The van der Waals surface area contributed by atoms with Crippen molar-refractivity contribution in [3.63, 3.8) is 0 Å². The van der Waals surface area contributed by atoms with E-state index in [1.54, 1.807) is 4.90 Å². The van der Waals surface area contributed by atoms with E-state index in [9.17, 15) is 12.8 Å². The van der Waals surface area contributed by atoms with Gasteiger partial charge in [-0.3, -0.25) is 4.79 Å². The topological polar surface area (TPSA) is 65.9 Å². The van der Waals surface area contributed by atoms with Gasteiger partial charge in [-0.05, 0) is 30.5 Å². The van der Waals surface area contributed by atoms with Crippen LogP contribution in [0.3, 0.4) is 0 Å². The van der Waals surface area contributed by atoms with Crippen molar-refractivity contribution in [2.75, 3.05) is 39.3 Å². The van der Waals surface area contributed by atoms with E-state index in [4.69, 9.17) is 4.74 Å². The number of hydrogen-bond donors (Lipinski definition) is 1. The number of pyridine rings is 1. The predicted octanol–water partition coefficient (Wildman–Crippen LogP) is 1.33. The van der Waals surface area contributed by atoms with Crippen LogP contribution in [-0.4, -0.2) is 74.7 Å². The number of alkyl halides is 1. The summed E-state index contributed by atoms with van der Waals surface area (Å²) in [6.07, 6.45) is 8.57. The fraction of sp³-hybridized carbons (Fsp3) is 0.571. The molecular weight excluding hydrogens is 572 g/mol. The molecule has 1 atom stereocenters. The molecule has 8 heteroatoms. The number of aromatic nitrogens is 1. The second-order valence-electron chi connectivity index (χ2n) is 10.6. The van der Waals surface area contributed by atoms with Crippen LogP contribution in [-0.2, 0) is 0 Å². The van der Waals surface area contributed by atoms with Gasteiger partial charge < -0.3 is 10.0 Å². The van der Waals surface area contributed by atoms with Gasteiger partial charge in [0.25, 0.3) is 5.91 Å². The summed E-state index contributed by atoms with van der Waals surface area (Å²) < 4.78 is 19.6. The van der Waals surface area contributed by atoms with Crippen molar-refractivity contribution in [3.8, 4) is 17.0 Å². The van der Waals surface area contributed by atoms with Crippen molar-refractivity contribution >= 4 is 5.91 Å². The Balaban J connectivity index is 1.08. The van der Waals surface area contributed by atoms with Crippen LogP contribution in [0.15, 0.2) is 42.6 Å². The smallest absolute Gasteiger partial charge is 0.0716 e. The number of ether oxygens (including phenoxy) is 1. The molecule has 1 N–H and O–H groups in total. The zero-order chi connectivity index (χ0) is 25.0. The number of aliphatic hydroxyl groups is 1. The molecular formula is C28H36FIN3O3-. The van der Waals surface area contributed by atoms with Gasteiger partial charge in [-0.15, -0.1) is 0 Å². The molecule has 0 bridgehead atoms. The van der Waals surface area contributed by atoms with E-state index in [0.717, 1.165) is 69.3 Å². The Morgan fingerprint density at radius 2 is 1.81 bits per heavy atom. The normalized spacial score (nSPS) is 22.8. The van der Waals surface area contributed by atoms with E-state index in [0.29, 0.717) is 37.1 Å². The van der Waals surface area contributed by atoms with Crippen molar-refractivity contribution < 1.29 is 39.3 Å². The Morgan fingerprint density at radius 1 is 1.06 bits per heavy atom. The first kappa shape index (κ1) is 25.9. The summed E-state index contributed by atoms with van der Waals surface area (Å²) in [6.45, 7) is 4.83. The first-order chi connectivity index (χ1) is 17.5. The SMILES string of the molecule is O=C(c1ccc(-c2ccc(OCC3CCN(CC4([I-]F)CCC4)CC3)nc2)cc1)N1CCC[C@@H](O)C1.